The van der Waals surface area contributed by atoms with E-state index in [0.29, 0.717) is 0 Å². The molecule has 0 aliphatic carbocycles. The third-order valence-corrected chi connectivity index (χ3v) is 7.52. The van der Waals surface area contributed by atoms with Gasteiger partial charge in [0.25, 0.3) is 0 Å². The summed E-state index contributed by atoms with van der Waals surface area (Å²) in [5.74, 6) is 0. The van der Waals surface area contributed by atoms with Crippen molar-refractivity contribution in [3.05, 3.63) is 11.1 Å². The lowest BCUT2D eigenvalue weighted by atomic mass is 10.8. The van der Waals surface area contributed by atoms with Gasteiger partial charge in [-0.25, -0.2) is 0 Å². The Hall–Kier alpha value is 0.0400. The van der Waals surface area contributed by atoms with Gasteiger partial charge in [-0.05, 0) is 34.6 Å². The molecule has 6 nitrogen and oxygen atoms in total. The Morgan fingerprint density at radius 2 is 1.05 bits per heavy atom. The van der Waals surface area contributed by atoms with Gasteiger partial charge in [0.2, 0.25) is 0 Å². The van der Waals surface area contributed by atoms with E-state index in [2.05, 4.69) is 0 Å². The fraction of sp³-hybridized carbons (Fsp3) is 0.818. The second kappa shape index (κ2) is 9.06. The van der Waals surface area contributed by atoms with Gasteiger partial charge in [-0.1, -0.05) is 6.08 Å². The minimum absolute atomic E-state index is 0.0348. The quantitative estimate of drug-likeness (QED) is 0.557. The standard InChI is InChI=1S/C11H24O6P2/c1-6-11(18(12,14-7-2)15-8-3)19(13,16-9-4)17-10-5/h6H,7-10H2,1-5H3. The summed E-state index contributed by atoms with van der Waals surface area (Å²) in [4.78, 5) is 0. The first kappa shape index (κ1) is 19.0. The summed E-state index contributed by atoms with van der Waals surface area (Å²) in [6, 6.07) is 0. The van der Waals surface area contributed by atoms with E-state index in [1.54, 1.807) is 34.6 Å². The number of allylic oxidation sites excluding steroid dienone is 1. The van der Waals surface area contributed by atoms with Crippen LogP contribution in [0.4, 0.5) is 0 Å². The predicted molar refractivity (Wildman–Crippen MR) is 75.5 cm³/mol. The van der Waals surface area contributed by atoms with Gasteiger partial charge in [0, 0.05) is 0 Å². The van der Waals surface area contributed by atoms with E-state index in [1.165, 1.54) is 6.08 Å². The van der Waals surface area contributed by atoms with E-state index in [0.717, 1.165) is 0 Å². The van der Waals surface area contributed by atoms with E-state index < -0.39 is 15.2 Å². The maximum Gasteiger partial charge on any atom is 0.369 e. The Labute approximate surface area is 115 Å². The molecule has 0 radical (unpaired) electrons. The highest BCUT2D eigenvalue weighted by Gasteiger charge is 2.44. The number of hydrogen-bond acceptors (Lipinski definition) is 6. The SMILES string of the molecule is CC=C(P(=O)(OCC)OCC)P(=O)(OCC)OCC. The molecule has 0 aromatic heterocycles. The van der Waals surface area contributed by atoms with Crippen LogP contribution in [-0.2, 0) is 27.2 Å². The lowest BCUT2D eigenvalue weighted by molar-refractivity contribution is 0.214. The minimum Gasteiger partial charge on any atom is -0.305 e. The highest BCUT2D eigenvalue weighted by Crippen LogP contribution is 2.73. The van der Waals surface area contributed by atoms with Gasteiger partial charge in [-0.3, -0.25) is 9.13 Å². The maximum atomic E-state index is 12.7. The molecule has 0 unspecified atom stereocenters. The third-order valence-electron chi connectivity index (χ3n) is 2.02. The van der Waals surface area contributed by atoms with Crippen LogP contribution in [0, 0.1) is 0 Å². The van der Waals surface area contributed by atoms with Crippen LogP contribution in [0.5, 0.6) is 0 Å². The summed E-state index contributed by atoms with van der Waals surface area (Å²) in [6.45, 7) is 9.04. The Balaban J connectivity index is 5.57. The van der Waals surface area contributed by atoms with Crippen molar-refractivity contribution in [1.82, 2.24) is 0 Å². The minimum atomic E-state index is -3.66. The summed E-state index contributed by atoms with van der Waals surface area (Å²) in [5.41, 5.74) is 0. The molecule has 0 bridgehead atoms. The van der Waals surface area contributed by atoms with Gasteiger partial charge < -0.3 is 18.1 Å². The van der Waals surface area contributed by atoms with Gasteiger partial charge in [0.05, 0.1) is 26.4 Å². The zero-order chi connectivity index (χ0) is 14.9. The van der Waals surface area contributed by atoms with Crippen molar-refractivity contribution in [2.45, 2.75) is 34.6 Å². The van der Waals surface area contributed by atoms with Crippen molar-refractivity contribution in [3.63, 3.8) is 0 Å². The molecule has 0 heterocycles. The topological polar surface area (TPSA) is 71.1 Å². The first-order valence-electron chi connectivity index (χ1n) is 6.39. The van der Waals surface area contributed by atoms with Crippen LogP contribution in [0.15, 0.2) is 11.1 Å². The summed E-state index contributed by atoms with van der Waals surface area (Å²) in [5, 5.41) is -0.0348. The van der Waals surface area contributed by atoms with Crippen LogP contribution in [0.1, 0.15) is 34.6 Å². The van der Waals surface area contributed by atoms with Crippen molar-refractivity contribution in [2.24, 2.45) is 0 Å². The molecule has 8 heteroatoms. The zero-order valence-electron chi connectivity index (χ0n) is 12.2. The molecule has 0 rings (SSSR count). The summed E-state index contributed by atoms with van der Waals surface area (Å²) < 4.78 is 46.2. The van der Waals surface area contributed by atoms with Gasteiger partial charge in [0.1, 0.15) is 5.06 Å². The normalized spacial score (nSPS) is 12.5. The second-order valence-electron chi connectivity index (χ2n) is 3.31. The van der Waals surface area contributed by atoms with Crippen LogP contribution >= 0.6 is 15.2 Å². The first-order chi connectivity index (χ1) is 8.94. The monoisotopic (exact) mass is 314 g/mol. The van der Waals surface area contributed by atoms with Crippen molar-refractivity contribution < 1.29 is 27.2 Å². The third kappa shape index (κ3) is 5.14. The van der Waals surface area contributed by atoms with Gasteiger partial charge >= 0.3 is 15.2 Å². The van der Waals surface area contributed by atoms with Crippen LogP contribution in [0.3, 0.4) is 0 Å². The van der Waals surface area contributed by atoms with Gasteiger partial charge in [-0.2, -0.15) is 0 Å². The lowest BCUT2D eigenvalue weighted by Gasteiger charge is -2.25. The highest BCUT2D eigenvalue weighted by molar-refractivity contribution is 7.78. The molecule has 114 valence electrons. The Bertz CT molecular complexity index is 327. The molecule has 19 heavy (non-hydrogen) atoms. The van der Waals surface area contributed by atoms with Crippen LogP contribution in [0.25, 0.3) is 0 Å². The highest BCUT2D eigenvalue weighted by atomic mass is 31.2. The average molecular weight is 314 g/mol. The number of hydrogen-bond donors (Lipinski definition) is 0. The molecule has 0 fully saturated rings. The summed E-state index contributed by atoms with van der Waals surface area (Å²) in [7, 11) is -7.32. The fourth-order valence-electron chi connectivity index (χ4n) is 1.49. The largest absolute Gasteiger partial charge is 0.369 e. The molecule has 0 aromatic rings. The summed E-state index contributed by atoms with van der Waals surface area (Å²) in [6.07, 6.45) is 1.43. The van der Waals surface area contributed by atoms with Crippen LogP contribution in [-0.4, -0.2) is 26.4 Å². The Morgan fingerprint density at radius 1 is 0.789 bits per heavy atom. The second-order valence-corrected chi connectivity index (χ2v) is 7.65. The van der Waals surface area contributed by atoms with Gasteiger partial charge in [0.15, 0.2) is 0 Å². The molecular formula is C11H24O6P2. The average Bonchev–Trinajstić information content (AvgIpc) is 2.30. The van der Waals surface area contributed by atoms with E-state index >= 15 is 0 Å². The lowest BCUT2D eigenvalue weighted by Crippen LogP contribution is -2.04. The molecule has 0 saturated carbocycles. The van der Waals surface area contributed by atoms with Crippen molar-refractivity contribution in [2.75, 3.05) is 26.4 Å². The Kier molecular flexibility index (Phi) is 9.08. The smallest absolute Gasteiger partial charge is 0.305 e. The molecule has 0 N–H and O–H groups in total. The molecule has 0 aromatic carbocycles. The molecule has 0 aliphatic rings. The maximum absolute atomic E-state index is 12.7. The van der Waals surface area contributed by atoms with Crippen molar-refractivity contribution in [1.29, 1.82) is 0 Å². The van der Waals surface area contributed by atoms with E-state index in [9.17, 15) is 9.13 Å². The summed E-state index contributed by atoms with van der Waals surface area (Å²) >= 11 is 0. The predicted octanol–water partition coefficient (Wildman–Crippen LogP) is 4.38. The van der Waals surface area contributed by atoms with E-state index in [4.69, 9.17) is 18.1 Å². The van der Waals surface area contributed by atoms with E-state index in [-0.39, 0.29) is 31.5 Å². The number of rotatable bonds is 10. The van der Waals surface area contributed by atoms with Crippen LogP contribution < -0.4 is 0 Å². The fourth-order valence-corrected chi connectivity index (χ4v) is 6.05. The van der Waals surface area contributed by atoms with Gasteiger partial charge in [-0.15, -0.1) is 0 Å². The zero-order valence-corrected chi connectivity index (χ0v) is 14.0. The molecule has 0 amide bonds. The molecular weight excluding hydrogens is 290 g/mol. The molecule has 0 spiro atoms. The first-order valence-corrected chi connectivity index (χ1v) is 9.48. The van der Waals surface area contributed by atoms with Crippen LogP contribution in [0.2, 0.25) is 0 Å². The molecule has 0 saturated heterocycles. The molecule has 0 atom stereocenters. The van der Waals surface area contributed by atoms with Crippen molar-refractivity contribution in [3.8, 4) is 0 Å². The van der Waals surface area contributed by atoms with E-state index in [1.807, 2.05) is 0 Å². The molecule has 0 aliphatic heterocycles. The van der Waals surface area contributed by atoms with Crippen molar-refractivity contribution >= 4 is 15.2 Å². The Morgan fingerprint density at radius 3 is 1.21 bits per heavy atom.